The minimum atomic E-state index is 0.765. The molecule has 130 valence electrons. The largest absolute Gasteiger partial charge is 0.399 e. The van der Waals surface area contributed by atoms with Crippen LogP contribution < -0.4 is 5.73 Å². The van der Waals surface area contributed by atoms with Gasteiger partial charge in [-0.3, -0.25) is 0 Å². The Labute approximate surface area is 160 Å². The first-order valence-corrected chi connectivity index (χ1v) is 9.09. The van der Waals surface area contributed by atoms with Gasteiger partial charge in [-0.2, -0.15) is 0 Å². The predicted octanol–water partition coefficient (Wildman–Crippen LogP) is 6.28. The zero-order chi connectivity index (χ0) is 18.5. The molecule has 0 aliphatic rings. The van der Waals surface area contributed by atoms with Crippen molar-refractivity contribution < 1.29 is 0 Å². The average molecular weight is 347 g/mol. The number of hydrogen-bond acceptors (Lipinski definition) is 1. The third-order valence-electron chi connectivity index (χ3n) is 4.61. The van der Waals surface area contributed by atoms with Crippen LogP contribution in [0.25, 0.3) is 11.1 Å². The van der Waals surface area contributed by atoms with Crippen LogP contribution in [0, 0.1) is 0 Å². The summed E-state index contributed by atoms with van der Waals surface area (Å²) in [6.45, 7) is 0. The van der Waals surface area contributed by atoms with Crippen LogP contribution in [0.15, 0.2) is 115 Å². The first kappa shape index (κ1) is 16.9. The monoisotopic (exact) mass is 347 g/mol. The summed E-state index contributed by atoms with van der Waals surface area (Å²) < 4.78 is 0. The van der Waals surface area contributed by atoms with Gasteiger partial charge in [-0.1, -0.05) is 103 Å². The molecule has 4 aromatic rings. The number of nitrogen functional groups attached to an aromatic ring is 1. The highest BCUT2D eigenvalue weighted by Crippen LogP contribution is 2.37. The second kappa shape index (κ2) is 7.76. The molecule has 0 saturated heterocycles. The van der Waals surface area contributed by atoms with E-state index in [1.807, 2.05) is 24.3 Å². The standard InChI is InChI=1S/C26H21N/c27-24-18-10-17-23(19-24)26(22-15-8-3-9-16-22)25(20-11-4-1-5-12-20)21-13-6-2-7-14-21/h1-19H,27H2. The van der Waals surface area contributed by atoms with Gasteiger partial charge in [0.15, 0.2) is 0 Å². The number of anilines is 1. The van der Waals surface area contributed by atoms with Gasteiger partial charge in [-0.25, -0.2) is 0 Å². The fourth-order valence-corrected chi connectivity index (χ4v) is 3.42. The Bertz CT molecular complexity index is 1010. The Kier molecular flexibility index (Phi) is 4.84. The lowest BCUT2D eigenvalue weighted by Gasteiger charge is -2.18. The second-order valence-electron chi connectivity index (χ2n) is 6.47. The smallest absolute Gasteiger partial charge is 0.0320 e. The molecule has 0 fully saturated rings. The summed E-state index contributed by atoms with van der Waals surface area (Å²) in [4.78, 5) is 0. The van der Waals surface area contributed by atoms with E-state index in [2.05, 4.69) is 91.0 Å². The number of benzene rings is 4. The summed E-state index contributed by atoms with van der Waals surface area (Å²) in [5, 5.41) is 0. The highest BCUT2D eigenvalue weighted by Gasteiger charge is 2.15. The Morgan fingerprint density at radius 2 is 0.778 bits per heavy atom. The van der Waals surface area contributed by atoms with E-state index in [4.69, 9.17) is 5.73 Å². The van der Waals surface area contributed by atoms with Crippen molar-refractivity contribution in [3.05, 3.63) is 138 Å². The molecule has 0 heterocycles. The number of hydrogen-bond donors (Lipinski definition) is 1. The van der Waals surface area contributed by atoms with Gasteiger partial charge in [0, 0.05) is 5.69 Å². The van der Waals surface area contributed by atoms with E-state index in [9.17, 15) is 0 Å². The summed E-state index contributed by atoms with van der Waals surface area (Å²) in [5.74, 6) is 0. The molecule has 0 aromatic heterocycles. The van der Waals surface area contributed by atoms with E-state index in [1.165, 1.54) is 27.8 Å². The molecule has 0 aliphatic heterocycles. The molecule has 0 saturated carbocycles. The molecule has 0 unspecified atom stereocenters. The zero-order valence-electron chi connectivity index (χ0n) is 15.0. The van der Waals surface area contributed by atoms with E-state index in [1.54, 1.807) is 0 Å². The van der Waals surface area contributed by atoms with Crippen molar-refractivity contribution in [1.82, 2.24) is 0 Å². The SMILES string of the molecule is Nc1cccc(C(=C(c2ccccc2)c2ccccc2)c2ccccc2)c1. The maximum absolute atomic E-state index is 6.13. The predicted molar refractivity (Wildman–Crippen MR) is 115 cm³/mol. The minimum absolute atomic E-state index is 0.765. The molecule has 0 radical (unpaired) electrons. The van der Waals surface area contributed by atoms with Crippen LogP contribution in [0.5, 0.6) is 0 Å². The normalized spacial score (nSPS) is 10.4. The zero-order valence-corrected chi connectivity index (χ0v) is 15.0. The summed E-state index contributed by atoms with van der Waals surface area (Å²) in [5.41, 5.74) is 13.9. The van der Waals surface area contributed by atoms with Crippen molar-refractivity contribution in [2.45, 2.75) is 0 Å². The van der Waals surface area contributed by atoms with Crippen LogP contribution in [0.4, 0.5) is 5.69 Å². The fraction of sp³-hybridized carbons (Fsp3) is 0. The first-order chi connectivity index (χ1) is 13.3. The quantitative estimate of drug-likeness (QED) is 0.341. The molecule has 27 heavy (non-hydrogen) atoms. The van der Waals surface area contributed by atoms with Crippen LogP contribution in [0.1, 0.15) is 22.3 Å². The summed E-state index contributed by atoms with van der Waals surface area (Å²) in [6.07, 6.45) is 0. The lowest BCUT2D eigenvalue weighted by molar-refractivity contribution is 1.50. The van der Waals surface area contributed by atoms with E-state index in [0.29, 0.717) is 0 Å². The van der Waals surface area contributed by atoms with Crippen molar-refractivity contribution in [3.63, 3.8) is 0 Å². The fourth-order valence-electron chi connectivity index (χ4n) is 3.42. The molecule has 4 rings (SSSR count). The summed E-state index contributed by atoms with van der Waals surface area (Å²) >= 11 is 0. The van der Waals surface area contributed by atoms with Crippen LogP contribution in [0.3, 0.4) is 0 Å². The molecular formula is C26H21N. The van der Waals surface area contributed by atoms with E-state index < -0.39 is 0 Å². The van der Waals surface area contributed by atoms with Crippen molar-refractivity contribution in [2.24, 2.45) is 0 Å². The third-order valence-corrected chi connectivity index (χ3v) is 4.61. The van der Waals surface area contributed by atoms with E-state index in [0.717, 1.165) is 11.3 Å². The Balaban J connectivity index is 2.10. The van der Waals surface area contributed by atoms with Gasteiger partial charge < -0.3 is 5.73 Å². The molecule has 0 spiro atoms. The van der Waals surface area contributed by atoms with Crippen LogP contribution in [-0.2, 0) is 0 Å². The topological polar surface area (TPSA) is 26.0 Å². The molecular weight excluding hydrogens is 326 g/mol. The van der Waals surface area contributed by atoms with Gasteiger partial charge in [0.2, 0.25) is 0 Å². The highest BCUT2D eigenvalue weighted by molar-refractivity contribution is 6.04. The molecule has 0 aliphatic carbocycles. The van der Waals surface area contributed by atoms with E-state index in [-0.39, 0.29) is 0 Å². The first-order valence-electron chi connectivity index (χ1n) is 9.09. The second-order valence-corrected chi connectivity index (χ2v) is 6.47. The molecule has 1 nitrogen and oxygen atoms in total. The average Bonchev–Trinajstić information content (AvgIpc) is 2.74. The van der Waals surface area contributed by atoms with Crippen LogP contribution in [-0.4, -0.2) is 0 Å². The molecule has 0 amide bonds. The van der Waals surface area contributed by atoms with Gasteiger partial charge >= 0.3 is 0 Å². The van der Waals surface area contributed by atoms with Crippen molar-refractivity contribution in [2.75, 3.05) is 5.73 Å². The van der Waals surface area contributed by atoms with Crippen molar-refractivity contribution in [1.29, 1.82) is 0 Å². The molecule has 0 atom stereocenters. The maximum Gasteiger partial charge on any atom is 0.0320 e. The summed E-state index contributed by atoms with van der Waals surface area (Å²) in [6, 6.07) is 39.7. The van der Waals surface area contributed by atoms with Gasteiger partial charge in [0.05, 0.1) is 0 Å². The Morgan fingerprint density at radius 3 is 1.19 bits per heavy atom. The molecule has 2 N–H and O–H groups in total. The maximum atomic E-state index is 6.13. The number of nitrogens with two attached hydrogens (primary N) is 1. The third kappa shape index (κ3) is 3.68. The van der Waals surface area contributed by atoms with Gasteiger partial charge in [0.25, 0.3) is 0 Å². The molecule has 1 heteroatoms. The van der Waals surface area contributed by atoms with Gasteiger partial charge in [0.1, 0.15) is 0 Å². The van der Waals surface area contributed by atoms with Crippen molar-refractivity contribution in [3.8, 4) is 0 Å². The lowest BCUT2D eigenvalue weighted by atomic mass is 9.86. The Morgan fingerprint density at radius 1 is 0.407 bits per heavy atom. The minimum Gasteiger partial charge on any atom is -0.399 e. The molecule has 4 aromatic carbocycles. The Hall–Kier alpha value is -3.58. The van der Waals surface area contributed by atoms with Crippen LogP contribution >= 0.6 is 0 Å². The van der Waals surface area contributed by atoms with Gasteiger partial charge in [-0.15, -0.1) is 0 Å². The highest BCUT2D eigenvalue weighted by atomic mass is 14.5. The van der Waals surface area contributed by atoms with Crippen molar-refractivity contribution >= 4 is 16.8 Å². The van der Waals surface area contributed by atoms with Gasteiger partial charge in [-0.05, 0) is 45.5 Å². The summed E-state index contributed by atoms with van der Waals surface area (Å²) in [7, 11) is 0. The molecule has 0 bridgehead atoms. The lowest BCUT2D eigenvalue weighted by Crippen LogP contribution is -1.98. The van der Waals surface area contributed by atoms with E-state index >= 15 is 0 Å². The number of rotatable bonds is 4. The van der Waals surface area contributed by atoms with Crippen LogP contribution in [0.2, 0.25) is 0 Å².